The van der Waals surface area contributed by atoms with Gasteiger partial charge in [-0.05, 0) is 37.1 Å². The van der Waals surface area contributed by atoms with Crippen molar-refractivity contribution in [2.24, 2.45) is 0 Å². The minimum absolute atomic E-state index is 0.117. The number of hydrogen-bond donors (Lipinski definition) is 1. The van der Waals surface area contributed by atoms with Crippen molar-refractivity contribution in [2.75, 3.05) is 7.11 Å². The Balaban J connectivity index is 2.40. The lowest BCUT2D eigenvalue weighted by molar-refractivity contribution is 0.0447. The van der Waals surface area contributed by atoms with Crippen molar-refractivity contribution in [3.05, 3.63) is 64.7 Å². The van der Waals surface area contributed by atoms with E-state index in [0.29, 0.717) is 21.9 Å². The van der Waals surface area contributed by atoms with Crippen LogP contribution in [0.1, 0.15) is 73.1 Å². The number of nitrogens with zero attached hydrogens (tertiary/aromatic N) is 1. The van der Waals surface area contributed by atoms with Gasteiger partial charge in [-0.25, -0.2) is 5.01 Å². The molecular formula is C24H31ClN2O3. The predicted octanol–water partition coefficient (Wildman–Crippen LogP) is 5.88. The maximum Gasteiger partial charge on any atom is 0.276 e. The number of halogens is 1. The van der Waals surface area contributed by atoms with Crippen molar-refractivity contribution in [3.63, 3.8) is 0 Å². The lowest BCUT2D eigenvalue weighted by Crippen LogP contribution is -2.52. The third-order valence-corrected chi connectivity index (χ3v) is 5.37. The van der Waals surface area contributed by atoms with E-state index in [4.69, 9.17) is 16.3 Å². The third-order valence-electron chi connectivity index (χ3n) is 5.04. The van der Waals surface area contributed by atoms with E-state index in [2.05, 4.69) is 19.3 Å². The van der Waals surface area contributed by atoms with Crippen molar-refractivity contribution in [2.45, 2.75) is 58.4 Å². The Kier molecular flexibility index (Phi) is 9.68. The predicted molar refractivity (Wildman–Crippen MR) is 121 cm³/mol. The maximum absolute atomic E-state index is 13.5. The monoisotopic (exact) mass is 430 g/mol. The molecule has 5 nitrogen and oxygen atoms in total. The number of carbonyl (C=O) groups is 2. The summed E-state index contributed by atoms with van der Waals surface area (Å²) in [5.74, 6) is -0.212. The molecule has 0 saturated carbocycles. The number of rotatable bonds is 10. The molecule has 0 radical (unpaired) electrons. The van der Waals surface area contributed by atoms with Crippen LogP contribution in [0.4, 0.5) is 0 Å². The first-order valence-corrected chi connectivity index (χ1v) is 10.9. The van der Waals surface area contributed by atoms with E-state index in [-0.39, 0.29) is 11.9 Å². The summed E-state index contributed by atoms with van der Waals surface area (Å²) >= 11 is 6.21. The molecule has 0 heterocycles. The van der Waals surface area contributed by atoms with Gasteiger partial charge in [-0.2, -0.15) is 0 Å². The number of hydrogen-bond acceptors (Lipinski definition) is 3. The summed E-state index contributed by atoms with van der Waals surface area (Å²) in [4.78, 5) is 26.5. The van der Waals surface area contributed by atoms with Gasteiger partial charge < -0.3 is 4.74 Å². The van der Waals surface area contributed by atoms with Crippen LogP contribution in [0, 0.1) is 0 Å². The van der Waals surface area contributed by atoms with Crippen LogP contribution >= 0.6 is 11.6 Å². The molecule has 2 rings (SSSR count). The van der Waals surface area contributed by atoms with Crippen molar-refractivity contribution >= 4 is 23.4 Å². The van der Waals surface area contributed by atoms with E-state index >= 15 is 0 Å². The van der Waals surface area contributed by atoms with Gasteiger partial charge in [0, 0.05) is 0 Å². The number of nitrogens with one attached hydrogen (secondary N) is 1. The lowest BCUT2D eigenvalue weighted by Gasteiger charge is -2.32. The molecule has 2 aromatic rings. The summed E-state index contributed by atoms with van der Waals surface area (Å²) in [6.07, 6.45) is 5.56. The highest BCUT2D eigenvalue weighted by Gasteiger charge is 2.28. The number of unbranched alkanes of at least 4 members (excludes halogenated alkanes) is 2. The summed E-state index contributed by atoms with van der Waals surface area (Å²) in [7, 11) is 1.53. The average molecular weight is 431 g/mol. The van der Waals surface area contributed by atoms with E-state index in [1.54, 1.807) is 42.5 Å². The first-order chi connectivity index (χ1) is 14.5. The molecule has 0 aliphatic rings. The van der Waals surface area contributed by atoms with E-state index in [1.807, 2.05) is 6.07 Å². The Hall–Kier alpha value is -2.53. The average Bonchev–Trinajstić information content (AvgIpc) is 2.77. The molecule has 2 aromatic carbocycles. The summed E-state index contributed by atoms with van der Waals surface area (Å²) in [5, 5.41) is 1.83. The molecule has 1 N–H and O–H groups in total. The van der Waals surface area contributed by atoms with Crippen LogP contribution in [0.15, 0.2) is 48.5 Å². The number of hydrazine groups is 1. The highest BCUT2D eigenvalue weighted by Crippen LogP contribution is 2.23. The molecule has 30 heavy (non-hydrogen) atoms. The summed E-state index contributed by atoms with van der Waals surface area (Å²) < 4.78 is 5.39. The molecular weight excluding hydrogens is 400 g/mol. The normalized spacial score (nSPS) is 10.7. The van der Waals surface area contributed by atoms with Crippen molar-refractivity contribution in [1.29, 1.82) is 0 Å². The quantitative estimate of drug-likeness (QED) is 0.478. The largest absolute Gasteiger partial charge is 0.496 e. The molecule has 0 aliphatic heterocycles. The van der Waals surface area contributed by atoms with E-state index < -0.39 is 5.91 Å². The summed E-state index contributed by atoms with van der Waals surface area (Å²) in [6.45, 7) is 4.23. The molecule has 0 bridgehead atoms. The fourth-order valence-electron chi connectivity index (χ4n) is 3.36. The van der Waals surface area contributed by atoms with Crippen molar-refractivity contribution in [3.8, 4) is 5.75 Å². The zero-order valence-corrected chi connectivity index (χ0v) is 18.7. The second-order valence-corrected chi connectivity index (χ2v) is 7.64. The summed E-state index contributed by atoms with van der Waals surface area (Å²) in [6, 6.07) is 13.8. The molecule has 0 atom stereocenters. The van der Waals surface area contributed by atoms with Gasteiger partial charge in [-0.3, -0.25) is 15.0 Å². The topological polar surface area (TPSA) is 58.6 Å². The van der Waals surface area contributed by atoms with Crippen LogP contribution < -0.4 is 10.2 Å². The van der Waals surface area contributed by atoms with E-state index in [0.717, 1.165) is 38.5 Å². The number of amides is 2. The zero-order valence-electron chi connectivity index (χ0n) is 18.0. The highest BCUT2D eigenvalue weighted by atomic mass is 35.5. The van der Waals surface area contributed by atoms with Crippen molar-refractivity contribution in [1.82, 2.24) is 10.4 Å². The second-order valence-electron chi connectivity index (χ2n) is 7.23. The van der Waals surface area contributed by atoms with Gasteiger partial charge in [0.1, 0.15) is 5.75 Å². The molecule has 0 unspecified atom stereocenters. The smallest absolute Gasteiger partial charge is 0.276 e. The first kappa shape index (κ1) is 23.7. The molecule has 162 valence electrons. The molecule has 0 aliphatic carbocycles. The number of methoxy groups -OCH3 is 1. The molecule has 0 fully saturated rings. The van der Waals surface area contributed by atoms with Gasteiger partial charge in [0.2, 0.25) is 0 Å². The fraction of sp³-hybridized carbons (Fsp3) is 0.417. The van der Waals surface area contributed by atoms with Gasteiger partial charge >= 0.3 is 0 Å². The van der Waals surface area contributed by atoms with Gasteiger partial charge in [0.05, 0.1) is 29.3 Å². The minimum Gasteiger partial charge on any atom is -0.496 e. The number of ether oxygens (including phenoxy) is 1. The Morgan fingerprint density at radius 3 is 2.10 bits per heavy atom. The van der Waals surface area contributed by atoms with E-state index in [9.17, 15) is 9.59 Å². The third kappa shape index (κ3) is 6.23. The van der Waals surface area contributed by atoms with E-state index in [1.165, 1.54) is 12.1 Å². The first-order valence-electron chi connectivity index (χ1n) is 10.6. The molecule has 0 aromatic heterocycles. The molecule has 0 spiro atoms. The molecule has 2 amide bonds. The molecule has 0 saturated heterocycles. The second kappa shape index (κ2) is 12.2. The SMILES string of the molecule is CCCCC(CCCC)N(NC(=O)c1ccccc1Cl)C(=O)c1ccccc1OC. The zero-order chi connectivity index (χ0) is 21.9. The Labute approximate surface area is 184 Å². The number of para-hydroxylation sites is 1. The standard InChI is InChI=1S/C24H31ClN2O3/c1-4-6-12-18(13-7-5-2)27(24(29)20-15-9-11-17-22(20)30-3)26-23(28)19-14-8-10-16-21(19)25/h8-11,14-18H,4-7,12-13H2,1-3H3,(H,26,28). The highest BCUT2D eigenvalue weighted by molar-refractivity contribution is 6.33. The van der Waals surface area contributed by atoms with Gasteiger partial charge in [0.25, 0.3) is 11.8 Å². The van der Waals surface area contributed by atoms with Crippen LogP contribution in [0.5, 0.6) is 5.75 Å². The maximum atomic E-state index is 13.5. The van der Waals surface area contributed by atoms with Crippen LogP contribution in [-0.4, -0.2) is 30.0 Å². The van der Waals surface area contributed by atoms with Crippen LogP contribution in [0.25, 0.3) is 0 Å². The van der Waals surface area contributed by atoms with Crippen LogP contribution in [-0.2, 0) is 0 Å². The minimum atomic E-state index is -0.401. The Morgan fingerprint density at radius 2 is 1.53 bits per heavy atom. The number of carbonyl (C=O) groups excluding carboxylic acids is 2. The van der Waals surface area contributed by atoms with Gasteiger partial charge in [0.15, 0.2) is 0 Å². The lowest BCUT2D eigenvalue weighted by atomic mass is 10.0. The van der Waals surface area contributed by atoms with Crippen molar-refractivity contribution < 1.29 is 14.3 Å². The number of benzene rings is 2. The van der Waals surface area contributed by atoms with Crippen LogP contribution in [0.2, 0.25) is 5.02 Å². The van der Waals surface area contributed by atoms with Crippen LogP contribution in [0.3, 0.4) is 0 Å². The Morgan fingerprint density at radius 1 is 0.967 bits per heavy atom. The Bertz CT molecular complexity index is 833. The fourth-order valence-corrected chi connectivity index (χ4v) is 3.58. The van der Waals surface area contributed by atoms with Gasteiger partial charge in [-0.1, -0.05) is 75.4 Å². The molecule has 6 heteroatoms. The summed E-state index contributed by atoms with van der Waals surface area (Å²) in [5.41, 5.74) is 3.60. The van der Waals surface area contributed by atoms with Gasteiger partial charge in [-0.15, -0.1) is 0 Å².